The highest BCUT2D eigenvalue weighted by molar-refractivity contribution is 9.10. The zero-order valence-corrected chi connectivity index (χ0v) is 14.8. The van der Waals surface area contributed by atoms with Crippen molar-refractivity contribution in [3.8, 4) is 11.4 Å². The predicted octanol–water partition coefficient (Wildman–Crippen LogP) is 2.26. The normalized spacial score (nSPS) is 20.5. The molecule has 1 atom stereocenters. The molecule has 6 nitrogen and oxygen atoms in total. The molecule has 24 heavy (non-hydrogen) atoms. The highest BCUT2D eigenvalue weighted by Crippen LogP contribution is 2.33. The molecule has 2 fully saturated rings. The molecule has 2 heterocycles. The van der Waals surface area contributed by atoms with Crippen LogP contribution in [0.5, 0.6) is 0 Å². The average Bonchev–Trinajstić information content (AvgIpc) is 3.23. The summed E-state index contributed by atoms with van der Waals surface area (Å²) in [6.45, 7) is 2.14. The molecule has 0 bridgehead atoms. The minimum atomic E-state index is -0.195. The maximum atomic E-state index is 12.2. The van der Waals surface area contributed by atoms with Gasteiger partial charge in [0.05, 0.1) is 0 Å². The predicted molar refractivity (Wildman–Crippen MR) is 93.4 cm³/mol. The third kappa shape index (κ3) is 3.05. The molecule has 1 aromatic carbocycles. The summed E-state index contributed by atoms with van der Waals surface area (Å²) in [5, 5.41) is 6.73. The quantitative estimate of drug-likeness (QED) is 0.869. The van der Waals surface area contributed by atoms with Gasteiger partial charge < -0.3 is 4.90 Å². The number of benzene rings is 1. The fourth-order valence-corrected chi connectivity index (χ4v) is 3.60. The molecule has 4 rings (SSSR count). The standard InChI is InChI=1S/C17H19BrN4O2/c18-14-5-3-12(4-6-14)15-19-20-17(24)22(15)10-11-7-8-21(9-11)16(23)13-1-2-13/h3-6,11,13H,1-2,7-10H2,(H,20,24)/t11-/m1/s1. The van der Waals surface area contributed by atoms with Crippen LogP contribution >= 0.6 is 15.9 Å². The molecule has 0 radical (unpaired) electrons. The zero-order chi connectivity index (χ0) is 16.7. The van der Waals surface area contributed by atoms with Crippen molar-refractivity contribution in [2.75, 3.05) is 13.1 Å². The number of carbonyl (C=O) groups excluding carboxylic acids is 1. The molecule has 1 saturated heterocycles. The van der Waals surface area contributed by atoms with Gasteiger partial charge in [-0.05, 0) is 37.3 Å². The molecule has 0 unspecified atom stereocenters. The number of amides is 1. The summed E-state index contributed by atoms with van der Waals surface area (Å²) in [5.41, 5.74) is 0.709. The van der Waals surface area contributed by atoms with E-state index in [1.165, 1.54) is 0 Å². The second-order valence-corrected chi connectivity index (χ2v) is 7.60. The van der Waals surface area contributed by atoms with Crippen LogP contribution in [0.25, 0.3) is 11.4 Å². The van der Waals surface area contributed by atoms with Crippen LogP contribution in [0.4, 0.5) is 0 Å². The number of H-pyrrole nitrogens is 1. The van der Waals surface area contributed by atoms with Crippen molar-refractivity contribution in [3.63, 3.8) is 0 Å². The maximum Gasteiger partial charge on any atom is 0.343 e. The number of aromatic nitrogens is 3. The van der Waals surface area contributed by atoms with Crippen LogP contribution < -0.4 is 5.69 Å². The first-order valence-corrected chi connectivity index (χ1v) is 9.11. The van der Waals surface area contributed by atoms with E-state index in [0.717, 1.165) is 42.4 Å². The molecule has 126 valence electrons. The number of likely N-dealkylation sites (tertiary alicyclic amines) is 1. The van der Waals surface area contributed by atoms with Gasteiger partial charge in [-0.3, -0.25) is 9.36 Å². The number of hydrogen-bond donors (Lipinski definition) is 1. The smallest absolute Gasteiger partial charge is 0.342 e. The van der Waals surface area contributed by atoms with Crippen molar-refractivity contribution in [2.24, 2.45) is 11.8 Å². The lowest BCUT2D eigenvalue weighted by Crippen LogP contribution is -2.31. The summed E-state index contributed by atoms with van der Waals surface area (Å²) in [7, 11) is 0. The van der Waals surface area contributed by atoms with E-state index in [2.05, 4.69) is 26.1 Å². The van der Waals surface area contributed by atoms with E-state index < -0.39 is 0 Å². The molecule has 2 aromatic rings. The summed E-state index contributed by atoms with van der Waals surface area (Å²) in [6.07, 6.45) is 3.01. The number of nitrogens with one attached hydrogen (secondary N) is 1. The molecule has 1 saturated carbocycles. The molecule has 1 aromatic heterocycles. The van der Waals surface area contributed by atoms with Crippen molar-refractivity contribution in [2.45, 2.75) is 25.8 Å². The molecule has 2 aliphatic rings. The van der Waals surface area contributed by atoms with Gasteiger partial charge in [0.25, 0.3) is 0 Å². The summed E-state index contributed by atoms with van der Waals surface area (Å²) in [6, 6.07) is 7.75. The molecular formula is C17H19BrN4O2. The van der Waals surface area contributed by atoms with E-state index in [1.54, 1.807) is 4.57 Å². The summed E-state index contributed by atoms with van der Waals surface area (Å²) in [4.78, 5) is 26.3. The molecule has 0 spiro atoms. The molecule has 1 amide bonds. The third-order valence-corrected chi connectivity index (χ3v) is 5.35. The highest BCUT2D eigenvalue weighted by atomic mass is 79.9. The first-order valence-electron chi connectivity index (χ1n) is 8.32. The highest BCUT2D eigenvalue weighted by Gasteiger charge is 2.36. The van der Waals surface area contributed by atoms with Crippen molar-refractivity contribution >= 4 is 21.8 Å². The largest absolute Gasteiger partial charge is 0.343 e. The molecule has 1 N–H and O–H groups in total. The number of halogens is 1. The minimum Gasteiger partial charge on any atom is -0.342 e. The van der Waals surface area contributed by atoms with Crippen molar-refractivity contribution in [3.05, 3.63) is 39.2 Å². The Balaban J connectivity index is 1.51. The summed E-state index contributed by atoms with van der Waals surface area (Å²) >= 11 is 3.42. The third-order valence-electron chi connectivity index (χ3n) is 4.83. The molecule has 7 heteroatoms. The van der Waals surface area contributed by atoms with E-state index in [0.29, 0.717) is 24.2 Å². The van der Waals surface area contributed by atoms with Gasteiger partial charge in [0, 0.05) is 35.6 Å². The van der Waals surface area contributed by atoms with Crippen LogP contribution in [0.15, 0.2) is 33.5 Å². The van der Waals surface area contributed by atoms with Crippen molar-refractivity contribution in [1.82, 2.24) is 19.7 Å². The first kappa shape index (κ1) is 15.6. The van der Waals surface area contributed by atoms with E-state index in [1.807, 2.05) is 29.2 Å². The lowest BCUT2D eigenvalue weighted by Gasteiger charge is -2.16. The Kier molecular flexibility index (Phi) is 4.04. The van der Waals surface area contributed by atoms with E-state index in [-0.39, 0.29) is 11.6 Å². The van der Waals surface area contributed by atoms with Gasteiger partial charge in [-0.2, -0.15) is 5.10 Å². The average molecular weight is 391 g/mol. The zero-order valence-electron chi connectivity index (χ0n) is 13.2. The first-order chi connectivity index (χ1) is 11.6. The Morgan fingerprint density at radius 3 is 2.71 bits per heavy atom. The number of aromatic amines is 1. The molecule has 1 aliphatic carbocycles. The number of nitrogens with zero attached hydrogens (tertiary/aromatic N) is 3. The Labute approximate surface area is 148 Å². The van der Waals surface area contributed by atoms with Gasteiger partial charge in [0.2, 0.25) is 5.91 Å². The van der Waals surface area contributed by atoms with Crippen LogP contribution in [0.3, 0.4) is 0 Å². The number of rotatable bonds is 4. The number of hydrogen-bond acceptors (Lipinski definition) is 3. The Morgan fingerprint density at radius 2 is 2.00 bits per heavy atom. The van der Waals surface area contributed by atoms with Crippen LogP contribution in [0, 0.1) is 11.8 Å². The van der Waals surface area contributed by atoms with Gasteiger partial charge in [0.1, 0.15) is 0 Å². The minimum absolute atomic E-state index is 0.195. The molecule has 1 aliphatic heterocycles. The van der Waals surface area contributed by atoms with Gasteiger partial charge in [-0.1, -0.05) is 28.1 Å². The SMILES string of the molecule is O=C(C1CC1)N1CC[C@@H](Cn2c(-c3ccc(Br)cc3)n[nH]c2=O)C1. The topological polar surface area (TPSA) is 71.0 Å². The molecular weight excluding hydrogens is 372 g/mol. The monoisotopic (exact) mass is 390 g/mol. The fourth-order valence-electron chi connectivity index (χ4n) is 3.33. The van der Waals surface area contributed by atoms with E-state index in [9.17, 15) is 9.59 Å². The van der Waals surface area contributed by atoms with Gasteiger partial charge >= 0.3 is 5.69 Å². The van der Waals surface area contributed by atoms with Crippen LogP contribution in [0.1, 0.15) is 19.3 Å². The van der Waals surface area contributed by atoms with Gasteiger partial charge in [-0.15, -0.1) is 0 Å². The van der Waals surface area contributed by atoms with E-state index in [4.69, 9.17) is 0 Å². The Morgan fingerprint density at radius 1 is 1.25 bits per heavy atom. The van der Waals surface area contributed by atoms with Gasteiger partial charge in [-0.25, -0.2) is 9.89 Å². The summed E-state index contributed by atoms with van der Waals surface area (Å²) in [5.74, 6) is 1.51. The van der Waals surface area contributed by atoms with Crippen LogP contribution in [-0.2, 0) is 11.3 Å². The Hall–Kier alpha value is -1.89. The van der Waals surface area contributed by atoms with E-state index >= 15 is 0 Å². The lowest BCUT2D eigenvalue weighted by molar-refractivity contribution is -0.131. The lowest BCUT2D eigenvalue weighted by atomic mass is 10.1. The van der Waals surface area contributed by atoms with Crippen LogP contribution in [-0.4, -0.2) is 38.7 Å². The second-order valence-electron chi connectivity index (χ2n) is 6.68. The maximum absolute atomic E-state index is 12.2. The van der Waals surface area contributed by atoms with Crippen molar-refractivity contribution in [1.29, 1.82) is 0 Å². The fraction of sp³-hybridized carbons (Fsp3) is 0.471. The Bertz CT molecular complexity index is 807. The van der Waals surface area contributed by atoms with Crippen molar-refractivity contribution < 1.29 is 4.79 Å². The number of carbonyl (C=O) groups is 1. The second kappa shape index (κ2) is 6.20. The van der Waals surface area contributed by atoms with Gasteiger partial charge in [0.15, 0.2) is 5.82 Å². The van der Waals surface area contributed by atoms with Crippen LogP contribution in [0.2, 0.25) is 0 Å². The summed E-state index contributed by atoms with van der Waals surface area (Å²) < 4.78 is 2.68.